The summed E-state index contributed by atoms with van der Waals surface area (Å²) < 4.78 is 5.62. The summed E-state index contributed by atoms with van der Waals surface area (Å²) in [6, 6.07) is 4.98. The summed E-state index contributed by atoms with van der Waals surface area (Å²) in [5, 5.41) is 0.352. The lowest BCUT2D eigenvalue weighted by atomic mass is 10.1. The highest BCUT2D eigenvalue weighted by molar-refractivity contribution is 6.33. The van der Waals surface area contributed by atoms with Crippen molar-refractivity contribution in [3.8, 4) is 18.1 Å². The Morgan fingerprint density at radius 1 is 1.14 bits per heavy atom. The smallest absolute Gasteiger partial charge is 0.250 e. The summed E-state index contributed by atoms with van der Waals surface area (Å²) >= 11 is 5.89. The standard InChI is InChI=1S/C18H24ClNO2/c1-2-3-4-5-6-7-8-9-10-13-22-15-11-12-17(19)16(14-15)18(20)21/h1,11-12,14H,3-10,13H2,(H2,20,21). The van der Waals surface area contributed by atoms with E-state index in [1.165, 1.54) is 25.7 Å². The topological polar surface area (TPSA) is 52.3 Å². The van der Waals surface area contributed by atoms with Crippen LogP contribution in [0, 0.1) is 12.3 Å². The molecule has 22 heavy (non-hydrogen) atoms. The van der Waals surface area contributed by atoms with Crippen LogP contribution in [-0.2, 0) is 0 Å². The van der Waals surface area contributed by atoms with Crippen molar-refractivity contribution in [2.75, 3.05) is 6.61 Å². The van der Waals surface area contributed by atoms with Crippen LogP contribution in [0.1, 0.15) is 61.7 Å². The number of amides is 1. The van der Waals surface area contributed by atoms with Gasteiger partial charge < -0.3 is 10.5 Å². The first kappa shape index (κ1) is 18.4. The SMILES string of the molecule is C#CCCCCCCCCCOc1ccc(Cl)c(C(N)=O)c1. The third-order valence-corrected chi connectivity index (χ3v) is 3.77. The molecular weight excluding hydrogens is 298 g/mol. The molecule has 0 heterocycles. The molecule has 0 aliphatic carbocycles. The van der Waals surface area contributed by atoms with Crippen molar-refractivity contribution in [2.24, 2.45) is 5.73 Å². The molecule has 0 bridgehead atoms. The van der Waals surface area contributed by atoms with Gasteiger partial charge in [0, 0.05) is 6.42 Å². The summed E-state index contributed by atoms with van der Waals surface area (Å²) in [5.41, 5.74) is 5.54. The molecule has 0 radical (unpaired) electrons. The Hall–Kier alpha value is -1.66. The summed E-state index contributed by atoms with van der Waals surface area (Å²) in [6.07, 6.45) is 14.3. The van der Waals surface area contributed by atoms with Gasteiger partial charge in [-0.3, -0.25) is 4.79 Å². The Bertz CT molecular complexity index is 508. The highest BCUT2D eigenvalue weighted by Gasteiger charge is 2.07. The predicted octanol–water partition coefficient (Wildman–Crippen LogP) is 4.57. The Morgan fingerprint density at radius 2 is 1.77 bits per heavy atom. The van der Waals surface area contributed by atoms with Crippen molar-refractivity contribution in [1.82, 2.24) is 0 Å². The van der Waals surface area contributed by atoms with Crippen LogP contribution in [-0.4, -0.2) is 12.5 Å². The van der Waals surface area contributed by atoms with E-state index < -0.39 is 5.91 Å². The molecule has 0 saturated heterocycles. The van der Waals surface area contributed by atoms with Crippen LogP contribution in [0.3, 0.4) is 0 Å². The van der Waals surface area contributed by atoms with Crippen molar-refractivity contribution in [3.05, 3.63) is 28.8 Å². The van der Waals surface area contributed by atoms with Gasteiger partial charge in [-0.2, -0.15) is 0 Å². The van der Waals surface area contributed by atoms with Crippen molar-refractivity contribution in [2.45, 2.75) is 51.4 Å². The van der Waals surface area contributed by atoms with E-state index in [9.17, 15) is 4.79 Å². The van der Waals surface area contributed by atoms with Crippen LogP contribution in [0.25, 0.3) is 0 Å². The number of hydrogen-bond donors (Lipinski definition) is 1. The molecule has 0 fully saturated rings. The molecule has 0 saturated carbocycles. The van der Waals surface area contributed by atoms with Crippen LogP contribution in [0.5, 0.6) is 5.75 Å². The lowest BCUT2D eigenvalue weighted by Gasteiger charge is -2.08. The van der Waals surface area contributed by atoms with Crippen LogP contribution >= 0.6 is 11.6 Å². The van der Waals surface area contributed by atoms with Gasteiger partial charge in [-0.1, -0.05) is 43.7 Å². The lowest BCUT2D eigenvalue weighted by molar-refractivity contribution is 0.1000. The number of nitrogens with two attached hydrogens (primary N) is 1. The second-order valence-electron chi connectivity index (χ2n) is 5.28. The molecule has 0 atom stereocenters. The second kappa shape index (κ2) is 11.0. The molecule has 2 N–H and O–H groups in total. The second-order valence-corrected chi connectivity index (χ2v) is 5.69. The molecule has 3 nitrogen and oxygen atoms in total. The van der Waals surface area contributed by atoms with Gasteiger partial charge in [-0.25, -0.2) is 0 Å². The molecule has 1 aromatic carbocycles. The Morgan fingerprint density at radius 3 is 2.41 bits per heavy atom. The third kappa shape index (κ3) is 7.38. The average molecular weight is 322 g/mol. The number of carbonyl (C=O) groups is 1. The molecule has 1 amide bonds. The van der Waals surface area contributed by atoms with Gasteiger partial charge in [0.15, 0.2) is 0 Å². The number of halogens is 1. The molecular formula is C18H24ClNO2. The maximum Gasteiger partial charge on any atom is 0.250 e. The molecule has 0 unspecified atom stereocenters. The zero-order valence-electron chi connectivity index (χ0n) is 12.9. The van der Waals surface area contributed by atoms with E-state index in [2.05, 4.69) is 5.92 Å². The molecule has 0 aliphatic heterocycles. The van der Waals surface area contributed by atoms with Crippen LogP contribution in [0.2, 0.25) is 5.02 Å². The van der Waals surface area contributed by atoms with Crippen LogP contribution in [0.4, 0.5) is 0 Å². The van der Waals surface area contributed by atoms with Gasteiger partial charge in [0.1, 0.15) is 5.75 Å². The average Bonchev–Trinajstić information content (AvgIpc) is 2.50. The fourth-order valence-electron chi connectivity index (χ4n) is 2.19. The zero-order chi connectivity index (χ0) is 16.2. The lowest BCUT2D eigenvalue weighted by Crippen LogP contribution is -2.11. The van der Waals surface area contributed by atoms with Gasteiger partial charge in [-0.05, 0) is 31.0 Å². The molecule has 0 aliphatic rings. The van der Waals surface area contributed by atoms with Gasteiger partial charge >= 0.3 is 0 Å². The van der Waals surface area contributed by atoms with Crippen LogP contribution in [0.15, 0.2) is 18.2 Å². The minimum absolute atomic E-state index is 0.297. The fourth-order valence-corrected chi connectivity index (χ4v) is 2.40. The first-order valence-electron chi connectivity index (χ1n) is 7.80. The molecule has 120 valence electrons. The Labute approximate surface area is 138 Å². The van der Waals surface area contributed by atoms with Crippen molar-refractivity contribution < 1.29 is 9.53 Å². The van der Waals surface area contributed by atoms with E-state index in [4.69, 9.17) is 28.5 Å². The van der Waals surface area contributed by atoms with Gasteiger partial charge in [-0.15, -0.1) is 12.3 Å². The van der Waals surface area contributed by atoms with Crippen molar-refractivity contribution in [1.29, 1.82) is 0 Å². The normalized spacial score (nSPS) is 10.2. The van der Waals surface area contributed by atoms with Crippen molar-refractivity contribution in [3.63, 3.8) is 0 Å². The van der Waals surface area contributed by atoms with Gasteiger partial charge in [0.25, 0.3) is 0 Å². The van der Waals surface area contributed by atoms with Gasteiger partial charge in [0.05, 0.1) is 17.2 Å². The summed E-state index contributed by atoms with van der Waals surface area (Å²) in [5.74, 6) is 2.75. The molecule has 1 aromatic rings. The first-order valence-corrected chi connectivity index (χ1v) is 8.18. The molecule has 1 rings (SSSR count). The minimum Gasteiger partial charge on any atom is -0.494 e. The van der Waals surface area contributed by atoms with Crippen molar-refractivity contribution >= 4 is 17.5 Å². The Balaban J connectivity index is 2.11. The molecule has 0 spiro atoms. The number of primary amides is 1. The van der Waals surface area contributed by atoms with E-state index in [1.54, 1.807) is 18.2 Å². The molecule has 4 heteroatoms. The highest BCUT2D eigenvalue weighted by atomic mass is 35.5. The summed E-state index contributed by atoms with van der Waals surface area (Å²) in [4.78, 5) is 11.2. The quantitative estimate of drug-likeness (QED) is 0.479. The number of carbonyl (C=O) groups excluding carboxylic acids is 1. The highest BCUT2D eigenvalue weighted by Crippen LogP contribution is 2.22. The minimum atomic E-state index is -0.541. The van der Waals surface area contributed by atoms with Crippen LogP contribution < -0.4 is 10.5 Å². The number of unbranched alkanes of at least 4 members (excludes halogenated alkanes) is 7. The van der Waals surface area contributed by atoms with E-state index >= 15 is 0 Å². The zero-order valence-corrected chi connectivity index (χ0v) is 13.7. The molecule has 0 aromatic heterocycles. The monoisotopic (exact) mass is 321 g/mol. The number of terminal acetylenes is 1. The summed E-state index contributed by atoms with van der Waals surface area (Å²) in [6.45, 7) is 0.636. The summed E-state index contributed by atoms with van der Waals surface area (Å²) in [7, 11) is 0. The number of rotatable bonds is 11. The maximum absolute atomic E-state index is 11.2. The van der Waals surface area contributed by atoms with E-state index in [-0.39, 0.29) is 0 Å². The third-order valence-electron chi connectivity index (χ3n) is 3.44. The predicted molar refractivity (Wildman–Crippen MR) is 91.2 cm³/mol. The first-order chi connectivity index (χ1) is 10.6. The van der Waals surface area contributed by atoms with Gasteiger partial charge in [0.2, 0.25) is 5.91 Å². The Kier molecular flexibility index (Phi) is 9.18. The number of benzene rings is 1. The largest absolute Gasteiger partial charge is 0.494 e. The fraction of sp³-hybridized carbons (Fsp3) is 0.500. The number of ether oxygens (including phenoxy) is 1. The van der Waals surface area contributed by atoms with E-state index in [0.717, 1.165) is 25.7 Å². The maximum atomic E-state index is 11.2. The number of hydrogen-bond acceptors (Lipinski definition) is 2. The van der Waals surface area contributed by atoms with E-state index in [1.807, 2.05) is 0 Å². The van der Waals surface area contributed by atoms with E-state index in [0.29, 0.717) is 22.9 Å².